The first-order valence-corrected chi connectivity index (χ1v) is 8.03. The van der Waals surface area contributed by atoms with Crippen molar-refractivity contribution in [3.63, 3.8) is 0 Å². The number of likely N-dealkylation sites (tertiary alicyclic amines) is 1. The average Bonchev–Trinajstić information content (AvgIpc) is 2.60. The molecule has 1 aliphatic heterocycles. The highest BCUT2D eigenvalue weighted by Crippen LogP contribution is 2.16. The van der Waals surface area contributed by atoms with Crippen molar-refractivity contribution in [2.45, 2.75) is 25.8 Å². The van der Waals surface area contributed by atoms with Crippen molar-refractivity contribution in [2.24, 2.45) is 5.92 Å². The van der Waals surface area contributed by atoms with E-state index in [1.165, 1.54) is 6.08 Å². The van der Waals surface area contributed by atoms with E-state index in [2.05, 4.69) is 5.32 Å². The lowest BCUT2D eigenvalue weighted by molar-refractivity contribution is -0.136. The summed E-state index contributed by atoms with van der Waals surface area (Å²) >= 11 is 0. The molecule has 1 unspecified atom stereocenters. The van der Waals surface area contributed by atoms with Crippen molar-refractivity contribution >= 4 is 17.9 Å². The van der Waals surface area contributed by atoms with Gasteiger partial charge in [0.25, 0.3) is 0 Å². The summed E-state index contributed by atoms with van der Waals surface area (Å²) in [5.74, 6) is -0.0550. The topological polar surface area (TPSA) is 69.6 Å². The van der Waals surface area contributed by atoms with Crippen LogP contribution in [0.5, 0.6) is 0 Å². The first kappa shape index (κ1) is 17.2. The molecule has 124 valence electrons. The molecule has 5 heteroatoms. The van der Waals surface area contributed by atoms with Gasteiger partial charge in [0.05, 0.1) is 0 Å². The first-order chi connectivity index (χ1) is 11.1. The predicted octanol–water partition coefficient (Wildman–Crippen LogP) is 1.44. The van der Waals surface area contributed by atoms with E-state index < -0.39 is 6.04 Å². The minimum Gasteiger partial charge on any atom is -0.396 e. The number of aliphatic hydroxyl groups excluding tert-OH is 1. The van der Waals surface area contributed by atoms with Gasteiger partial charge in [-0.05, 0) is 37.3 Å². The summed E-state index contributed by atoms with van der Waals surface area (Å²) in [5, 5.41) is 11.8. The second-order valence-electron chi connectivity index (χ2n) is 5.93. The third-order valence-electron chi connectivity index (χ3n) is 4.14. The number of nitrogens with one attached hydrogen (secondary N) is 1. The van der Waals surface area contributed by atoms with Crippen molar-refractivity contribution in [1.82, 2.24) is 10.2 Å². The predicted molar refractivity (Wildman–Crippen MR) is 89.5 cm³/mol. The molecule has 0 spiro atoms. The summed E-state index contributed by atoms with van der Waals surface area (Å²) in [4.78, 5) is 26.0. The standard InChI is InChI=1S/C18H24N2O3/c1-14(18(23)20-11-9-16(13-21)10-12-20)19-17(22)8-7-15-5-3-2-4-6-15/h2-8,14,16,21H,9-13H2,1H3,(H,19,22)/b8-7+. The van der Waals surface area contributed by atoms with Crippen LogP contribution >= 0.6 is 0 Å². The molecular formula is C18H24N2O3. The van der Waals surface area contributed by atoms with Crippen LogP contribution in [0.4, 0.5) is 0 Å². The van der Waals surface area contributed by atoms with Gasteiger partial charge in [-0.3, -0.25) is 9.59 Å². The molecule has 2 N–H and O–H groups in total. The van der Waals surface area contributed by atoms with Crippen molar-refractivity contribution in [1.29, 1.82) is 0 Å². The first-order valence-electron chi connectivity index (χ1n) is 8.03. The summed E-state index contributed by atoms with van der Waals surface area (Å²) in [6.07, 6.45) is 4.80. The number of benzene rings is 1. The molecule has 2 amide bonds. The van der Waals surface area contributed by atoms with Crippen molar-refractivity contribution in [2.75, 3.05) is 19.7 Å². The third kappa shape index (κ3) is 5.21. The van der Waals surface area contributed by atoms with E-state index in [4.69, 9.17) is 5.11 Å². The van der Waals surface area contributed by atoms with Gasteiger partial charge in [0, 0.05) is 25.8 Å². The van der Waals surface area contributed by atoms with Crippen LogP contribution in [0.15, 0.2) is 36.4 Å². The van der Waals surface area contributed by atoms with Gasteiger partial charge in [-0.15, -0.1) is 0 Å². The Kier molecular flexibility index (Phi) is 6.35. The van der Waals surface area contributed by atoms with Gasteiger partial charge < -0.3 is 15.3 Å². The Balaban J connectivity index is 1.81. The van der Waals surface area contributed by atoms with Crippen LogP contribution in [-0.2, 0) is 9.59 Å². The Labute approximate surface area is 137 Å². The van der Waals surface area contributed by atoms with Gasteiger partial charge >= 0.3 is 0 Å². The second kappa shape index (κ2) is 8.48. The Morgan fingerprint density at radius 1 is 1.30 bits per heavy atom. The van der Waals surface area contributed by atoms with E-state index in [0.717, 1.165) is 18.4 Å². The fraction of sp³-hybridized carbons (Fsp3) is 0.444. The fourth-order valence-electron chi connectivity index (χ4n) is 2.67. The highest BCUT2D eigenvalue weighted by Gasteiger charge is 2.26. The highest BCUT2D eigenvalue weighted by molar-refractivity contribution is 5.95. The lowest BCUT2D eigenvalue weighted by Gasteiger charge is -2.32. The lowest BCUT2D eigenvalue weighted by atomic mass is 9.97. The second-order valence-corrected chi connectivity index (χ2v) is 5.93. The number of aliphatic hydroxyl groups is 1. The largest absolute Gasteiger partial charge is 0.396 e. The molecule has 1 aromatic carbocycles. The molecule has 0 aliphatic carbocycles. The number of hydrogen-bond acceptors (Lipinski definition) is 3. The lowest BCUT2D eigenvalue weighted by Crippen LogP contribution is -2.49. The molecule has 1 fully saturated rings. The molecule has 0 bridgehead atoms. The van der Waals surface area contributed by atoms with Crippen LogP contribution < -0.4 is 5.32 Å². The Bertz CT molecular complexity index is 549. The fourth-order valence-corrected chi connectivity index (χ4v) is 2.67. The quantitative estimate of drug-likeness (QED) is 0.808. The molecule has 1 saturated heterocycles. The number of carbonyl (C=O) groups is 2. The molecule has 0 saturated carbocycles. The molecule has 1 heterocycles. The zero-order valence-electron chi connectivity index (χ0n) is 13.4. The van der Waals surface area contributed by atoms with Crippen LogP contribution in [0, 0.1) is 5.92 Å². The SMILES string of the molecule is CC(NC(=O)/C=C/c1ccccc1)C(=O)N1CCC(CO)CC1. The Hall–Kier alpha value is -2.14. The van der Waals surface area contributed by atoms with E-state index in [0.29, 0.717) is 13.1 Å². The molecule has 1 aliphatic rings. The van der Waals surface area contributed by atoms with E-state index in [9.17, 15) is 9.59 Å². The number of hydrogen-bond donors (Lipinski definition) is 2. The molecule has 0 aromatic heterocycles. The zero-order valence-corrected chi connectivity index (χ0v) is 13.4. The molecule has 1 aromatic rings. The molecule has 23 heavy (non-hydrogen) atoms. The van der Waals surface area contributed by atoms with E-state index in [1.54, 1.807) is 17.9 Å². The number of rotatable bonds is 5. The maximum atomic E-state index is 12.3. The minimum atomic E-state index is -0.548. The van der Waals surface area contributed by atoms with E-state index in [-0.39, 0.29) is 24.3 Å². The summed E-state index contributed by atoms with van der Waals surface area (Å²) in [6.45, 7) is 3.17. The smallest absolute Gasteiger partial charge is 0.244 e. The van der Waals surface area contributed by atoms with Gasteiger partial charge in [0.15, 0.2) is 0 Å². The maximum Gasteiger partial charge on any atom is 0.244 e. The monoisotopic (exact) mass is 316 g/mol. The third-order valence-corrected chi connectivity index (χ3v) is 4.14. The van der Waals surface area contributed by atoms with Crippen LogP contribution in [0.3, 0.4) is 0 Å². The van der Waals surface area contributed by atoms with Crippen LogP contribution in [0.25, 0.3) is 6.08 Å². The van der Waals surface area contributed by atoms with Gasteiger partial charge in [-0.1, -0.05) is 30.3 Å². The van der Waals surface area contributed by atoms with Crippen molar-refractivity contribution in [3.8, 4) is 0 Å². The number of amides is 2. The molecular weight excluding hydrogens is 292 g/mol. The maximum absolute atomic E-state index is 12.3. The Morgan fingerprint density at radius 2 is 1.96 bits per heavy atom. The Morgan fingerprint density at radius 3 is 2.57 bits per heavy atom. The van der Waals surface area contributed by atoms with Gasteiger partial charge in [-0.25, -0.2) is 0 Å². The summed E-state index contributed by atoms with van der Waals surface area (Å²) < 4.78 is 0. The van der Waals surface area contributed by atoms with Crippen molar-refractivity contribution in [3.05, 3.63) is 42.0 Å². The van der Waals surface area contributed by atoms with E-state index >= 15 is 0 Å². The van der Waals surface area contributed by atoms with E-state index in [1.807, 2.05) is 30.3 Å². The number of carbonyl (C=O) groups excluding carboxylic acids is 2. The van der Waals surface area contributed by atoms with Gasteiger partial charge in [0.2, 0.25) is 11.8 Å². The molecule has 5 nitrogen and oxygen atoms in total. The van der Waals surface area contributed by atoms with Crippen LogP contribution in [-0.4, -0.2) is 47.6 Å². The number of piperidine rings is 1. The summed E-state index contributed by atoms with van der Waals surface area (Å²) in [7, 11) is 0. The van der Waals surface area contributed by atoms with Crippen LogP contribution in [0.1, 0.15) is 25.3 Å². The van der Waals surface area contributed by atoms with Crippen molar-refractivity contribution < 1.29 is 14.7 Å². The minimum absolute atomic E-state index is 0.0668. The summed E-state index contributed by atoms with van der Waals surface area (Å²) in [5.41, 5.74) is 0.938. The molecule has 0 radical (unpaired) electrons. The normalized spacial score (nSPS) is 17.2. The zero-order chi connectivity index (χ0) is 16.7. The van der Waals surface area contributed by atoms with Gasteiger partial charge in [0.1, 0.15) is 6.04 Å². The number of nitrogens with zero attached hydrogens (tertiary/aromatic N) is 1. The highest BCUT2D eigenvalue weighted by atomic mass is 16.3. The molecule has 2 rings (SSSR count). The summed E-state index contributed by atoms with van der Waals surface area (Å²) in [6, 6.07) is 8.99. The van der Waals surface area contributed by atoms with Crippen LogP contribution in [0.2, 0.25) is 0 Å². The molecule has 1 atom stereocenters. The average molecular weight is 316 g/mol. The van der Waals surface area contributed by atoms with Gasteiger partial charge in [-0.2, -0.15) is 0 Å².